The highest BCUT2D eigenvalue weighted by Gasteiger charge is 2.31. The largest absolute Gasteiger partial charge is 0.492 e. The van der Waals surface area contributed by atoms with E-state index in [9.17, 15) is 0 Å². The molecule has 0 aromatic heterocycles. The van der Waals surface area contributed by atoms with Crippen molar-refractivity contribution in [1.82, 2.24) is 0 Å². The van der Waals surface area contributed by atoms with Crippen molar-refractivity contribution in [1.29, 1.82) is 0 Å². The SMILES string of the molecule is CC1(C)CCc2c(ccc3c2OCC(c2ccccc2)C3)O1. The molecule has 2 aliphatic heterocycles. The molecule has 0 radical (unpaired) electrons. The number of benzene rings is 2. The van der Waals surface area contributed by atoms with E-state index in [2.05, 4.69) is 56.3 Å². The van der Waals surface area contributed by atoms with Crippen LogP contribution in [0, 0.1) is 0 Å². The van der Waals surface area contributed by atoms with Crippen molar-refractivity contribution >= 4 is 0 Å². The van der Waals surface area contributed by atoms with E-state index in [0.717, 1.165) is 37.4 Å². The molecule has 0 amide bonds. The van der Waals surface area contributed by atoms with Gasteiger partial charge < -0.3 is 9.47 Å². The van der Waals surface area contributed by atoms with Gasteiger partial charge in [-0.15, -0.1) is 0 Å². The summed E-state index contributed by atoms with van der Waals surface area (Å²) in [5.74, 6) is 2.54. The molecule has 0 aliphatic carbocycles. The Kier molecular flexibility index (Phi) is 3.14. The Labute approximate surface area is 132 Å². The fourth-order valence-corrected chi connectivity index (χ4v) is 3.55. The van der Waals surface area contributed by atoms with Crippen LogP contribution in [-0.2, 0) is 12.8 Å². The molecule has 2 aromatic rings. The van der Waals surface area contributed by atoms with Crippen LogP contribution < -0.4 is 9.47 Å². The van der Waals surface area contributed by atoms with E-state index < -0.39 is 0 Å². The third kappa shape index (κ3) is 2.37. The molecular formula is C20H22O2. The van der Waals surface area contributed by atoms with E-state index in [1.807, 2.05) is 0 Å². The van der Waals surface area contributed by atoms with Gasteiger partial charge in [0.15, 0.2) is 0 Å². The first-order chi connectivity index (χ1) is 10.6. The molecule has 0 spiro atoms. The average molecular weight is 294 g/mol. The van der Waals surface area contributed by atoms with E-state index in [1.165, 1.54) is 16.7 Å². The van der Waals surface area contributed by atoms with Crippen LogP contribution in [0.2, 0.25) is 0 Å². The molecule has 0 saturated heterocycles. The maximum Gasteiger partial charge on any atom is 0.129 e. The topological polar surface area (TPSA) is 18.5 Å². The Balaban J connectivity index is 1.65. The van der Waals surface area contributed by atoms with Crippen LogP contribution in [0.5, 0.6) is 11.5 Å². The second-order valence-electron chi connectivity index (χ2n) is 7.01. The molecule has 0 fully saturated rings. The maximum absolute atomic E-state index is 6.18. The summed E-state index contributed by atoms with van der Waals surface area (Å²) in [5.41, 5.74) is 3.89. The molecule has 2 heterocycles. The van der Waals surface area contributed by atoms with Crippen LogP contribution in [0.15, 0.2) is 42.5 Å². The first-order valence-corrected chi connectivity index (χ1v) is 8.14. The molecule has 2 aromatic carbocycles. The minimum atomic E-state index is -0.0670. The van der Waals surface area contributed by atoms with E-state index in [-0.39, 0.29) is 5.60 Å². The van der Waals surface area contributed by atoms with Gasteiger partial charge in [0.2, 0.25) is 0 Å². The van der Waals surface area contributed by atoms with Crippen molar-refractivity contribution in [2.75, 3.05) is 6.61 Å². The third-order valence-electron chi connectivity index (χ3n) is 4.83. The molecule has 1 unspecified atom stereocenters. The fraction of sp³-hybridized carbons (Fsp3) is 0.400. The normalized spacial score (nSPS) is 22.0. The lowest BCUT2D eigenvalue weighted by atomic mass is 9.86. The van der Waals surface area contributed by atoms with E-state index >= 15 is 0 Å². The molecule has 2 nitrogen and oxygen atoms in total. The molecular weight excluding hydrogens is 272 g/mol. The Hall–Kier alpha value is -1.96. The Bertz CT molecular complexity index is 688. The molecule has 2 aliphatic rings. The minimum absolute atomic E-state index is 0.0670. The molecule has 0 saturated carbocycles. The predicted molar refractivity (Wildman–Crippen MR) is 87.9 cm³/mol. The molecule has 0 N–H and O–H groups in total. The maximum atomic E-state index is 6.18. The summed E-state index contributed by atoms with van der Waals surface area (Å²) >= 11 is 0. The van der Waals surface area contributed by atoms with Crippen molar-refractivity contribution < 1.29 is 9.47 Å². The zero-order valence-electron chi connectivity index (χ0n) is 13.3. The van der Waals surface area contributed by atoms with Crippen LogP contribution in [0.4, 0.5) is 0 Å². The molecule has 22 heavy (non-hydrogen) atoms. The van der Waals surface area contributed by atoms with Crippen LogP contribution in [0.3, 0.4) is 0 Å². The van der Waals surface area contributed by atoms with Crippen molar-refractivity contribution in [3.05, 3.63) is 59.2 Å². The number of hydrogen-bond donors (Lipinski definition) is 0. The minimum Gasteiger partial charge on any atom is -0.492 e. The van der Waals surface area contributed by atoms with Gasteiger partial charge in [0, 0.05) is 11.5 Å². The summed E-state index contributed by atoms with van der Waals surface area (Å²) in [6, 6.07) is 15.0. The predicted octanol–water partition coefficient (Wildman–Crippen LogP) is 4.51. The van der Waals surface area contributed by atoms with Crippen LogP contribution >= 0.6 is 0 Å². The Morgan fingerprint density at radius 1 is 1.05 bits per heavy atom. The number of hydrogen-bond acceptors (Lipinski definition) is 2. The van der Waals surface area contributed by atoms with Crippen LogP contribution in [-0.4, -0.2) is 12.2 Å². The molecule has 114 valence electrons. The Morgan fingerprint density at radius 2 is 1.86 bits per heavy atom. The van der Waals surface area contributed by atoms with E-state index in [4.69, 9.17) is 9.47 Å². The monoisotopic (exact) mass is 294 g/mol. The lowest BCUT2D eigenvalue weighted by Gasteiger charge is -2.35. The fourth-order valence-electron chi connectivity index (χ4n) is 3.55. The molecule has 2 heteroatoms. The van der Waals surface area contributed by atoms with Gasteiger partial charge in [0.25, 0.3) is 0 Å². The van der Waals surface area contributed by atoms with Gasteiger partial charge in [-0.05, 0) is 50.3 Å². The van der Waals surface area contributed by atoms with Crippen molar-refractivity contribution in [3.8, 4) is 11.5 Å². The van der Waals surface area contributed by atoms with Gasteiger partial charge in [-0.2, -0.15) is 0 Å². The van der Waals surface area contributed by atoms with Gasteiger partial charge in [0.05, 0.1) is 6.61 Å². The summed E-state index contributed by atoms with van der Waals surface area (Å²) in [6.07, 6.45) is 3.14. The van der Waals surface area contributed by atoms with Crippen LogP contribution in [0.25, 0.3) is 0 Å². The summed E-state index contributed by atoms with van der Waals surface area (Å²) in [4.78, 5) is 0. The molecule has 4 rings (SSSR count). The highest BCUT2D eigenvalue weighted by atomic mass is 16.5. The van der Waals surface area contributed by atoms with Crippen molar-refractivity contribution in [2.24, 2.45) is 0 Å². The summed E-state index contributed by atoms with van der Waals surface area (Å²) in [7, 11) is 0. The highest BCUT2D eigenvalue weighted by molar-refractivity contribution is 5.53. The van der Waals surface area contributed by atoms with Crippen molar-refractivity contribution in [3.63, 3.8) is 0 Å². The lowest BCUT2D eigenvalue weighted by molar-refractivity contribution is 0.0827. The van der Waals surface area contributed by atoms with Gasteiger partial charge in [-0.3, -0.25) is 0 Å². The van der Waals surface area contributed by atoms with Crippen LogP contribution in [0.1, 0.15) is 42.9 Å². The van der Waals surface area contributed by atoms with Gasteiger partial charge in [-0.25, -0.2) is 0 Å². The Morgan fingerprint density at radius 3 is 2.68 bits per heavy atom. The molecule has 1 atom stereocenters. The molecule has 0 bridgehead atoms. The first kappa shape index (κ1) is 13.7. The number of fused-ring (bicyclic) bond motifs is 3. The van der Waals surface area contributed by atoms with Gasteiger partial charge in [-0.1, -0.05) is 36.4 Å². The van der Waals surface area contributed by atoms with E-state index in [0.29, 0.717) is 5.92 Å². The third-order valence-corrected chi connectivity index (χ3v) is 4.83. The summed E-state index contributed by atoms with van der Waals surface area (Å²) in [5, 5.41) is 0. The standard InChI is InChI=1S/C20H22O2/c1-20(2)11-10-17-18(22-20)9-8-15-12-16(13-21-19(15)17)14-6-4-3-5-7-14/h3-9,16H,10-13H2,1-2H3. The average Bonchev–Trinajstić information content (AvgIpc) is 2.54. The number of rotatable bonds is 1. The summed E-state index contributed by atoms with van der Waals surface area (Å²) < 4.78 is 12.3. The second kappa shape index (κ2) is 5.05. The second-order valence-corrected chi connectivity index (χ2v) is 7.01. The van der Waals surface area contributed by atoms with E-state index in [1.54, 1.807) is 0 Å². The highest BCUT2D eigenvalue weighted by Crippen LogP contribution is 2.43. The smallest absolute Gasteiger partial charge is 0.129 e. The quantitative estimate of drug-likeness (QED) is 0.770. The lowest BCUT2D eigenvalue weighted by Crippen LogP contribution is -2.33. The van der Waals surface area contributed by atoms with Gasteiger partial charge in [0.1, 0.15) is 17.1 Å². The first-order valence-electron chi connectivity index (χ1n) is 8.14. The summed E-state index contributed by atoms with van der Waals surface area (Å²) in [6.45, 7) is 5.07. The van der Waals surface area contributed by atoms with Gasteiger partial charge >= 0.3 is 0 Å². The number of ether oxygens (including phenoxy) is 2. The zero-order chi connectivity index (χ0) is 15.2. The zero-order valence-corrected chi connectivity index (χ0v) is 13.3. The van der Waals surface area contributed by atoms with Crippen molar-refractivity contribution in [2.45, 2.75) is 44.6 Å².